The average Bonchev–Trinajstić information content (AvgIpc) is 3.20. The number of aryl methyl sites for hydroxylation is 2. The molecule has 0 unspecified atom stereocenters. The summed E-state index contributed by atoms with van der Waals surface area (Å²) in [5, 5.41) is 13.1. The van der Waals surface area contributed by atoms with Crippen molar-refractivity contribution in [1.29, 1.82) is 0 Å². The van der Waals surface area contributed by atoms with E-state index in [0.29, 0.717) is 38.3 Å². The molecule has 0 fully saturated rings. The Morgan fingerprint density at radius 1 is 1.16 bits per heavy atom. The van der Waals surface area contributed by atoms with Gasteiger partial charge in [-0.15, -0.1) is 5.10 Å². The highest BCUT2D eigenvalue weighted by atomic mass is 16.5. The van der Waals surface area contributed by atoms with Gasteiger partial charge in [-0.05, 0) is 59.2 Å². The van der Waals surface area contributed by atoms with Crippen LogP contribution < -0.4 is 5.56 Å². The van der Waals surface area contributed by atoms with Crippen LogP contribution in [0.5, 0.6) is 0 Å². The van der Waals surface area contributed by atoms with Crippen molar-refractivity contribution >= 4 is 10.9 Å². The molecule has 4 aromatic rings. The van der Waals surface area contributed by atoms with Gasteiger partial charge in [0.2, 0.25) is 0 Å². The van der Waals surface area contributed by atoms with Crippen LogP contribution in [0.2, 0.25) is 0 Å². The van der Waals surface area contributed by atoms with Crippen LogP contribution >= 0.6 is 0 Å². The molecule has 0 aliphatic carbocycles. The van der Waals surface area contributed by atoms with Crippen molar-refractivity contribution in [3.05, 3.63) is 81.2 Å². The number of H-pyrrole nitrogens is 1. The van der Waals surface area contributed by atoms with E-state index in [9.17, 15) is 4.79 Å². The third kappa shape index (κ3) is 5.06. The molecule has 0 saturated carbocycles. The van der Waals surface area contributed by atoms with E-state index in [1.807, 2.05) is 37.4 Å². The van der Waals surface area contributed by atoms with Crippen LogP contribution in [0.4, 0.5) is 0 Å². The number of methoxy groups -OCH3 is 1. The zero-order valence-electron chi connectivity index (χ0n) is 18.6. The molecule has 0 saturated heterocycles. The third-order valence-corrected chi connectivity index (χ3v) is 5.39. The number of nitrogens with zero attached hydrogens (tertiary/aromatic N) is 6. The van der Waals surface area contributed by atoms with Crippen LogP contribution in [0.15, 0.2) is 47.5 Å². The van der Waals surface area contributed by atoms with E-state index in [-0.39, 0.29) is 5.56 Å². The van der Waals surface area contributed by atoms with Crippen molar-refractivity contribution in [3.8, 4) is 0 Å². The summed E-state index contributed by atoms with van der Waals surface area (Å²) in [6.07, 6.45) is 3.58. The maximum atomic E-state index is 12.9. The van der Waals surface area contributed by atoms with Crippen LogP contribution in [-0.2, 0) is 30.9 Å². The first-order valence-corrected chi connectivity index (χ1v) is 10.5. The predicted octanol–water partition coefficient (Wildman–Crippen LogP) is 2.38. The summed E-state index contributed by atoms with van der Waals surface area (Å²) >= 11 is 0. The molecule has 4 rings (SSSR count). The van der Waals surface area contributed by atoms with E-state index in [1.165, 1.54) is 0 Å². The van der Waals surface area contributed by atoms with Crippen LogP contribution in [0, 0.1) is 13.8 Å². The van der Waals surface area contributed by atoms with Crippen molar-refractivity contribution in [2.75, 3.05) is 13.7 Å². The Balaban J connectivity index is 1.65. The minimum Gasteiger partial charge on any atom is -0.383 e. The van der Waals surface area contributed by atoms with Crippen molar-refractivity contribution in [2.45, 2.75) is 40.0 Å². The van der Waals surface area contributed by atoms with Gasteiger partial charge in [0.05, 0.1) is 19.7 Å². The normalized spacial score (nSPS) is 11.5. The van der Waals surface area contributed by atoms with Crippen molar-refractivity contribution in [3.63, 3.8) is 0 Å². The number of fused-ring (bicyclic) bond motifs is 1. The summed E-state index contributed by atoms with van der Waals surface area (Å²) in [4.78, 5) is 22.3. The zero-order chi connectivity index (χ0) is 22.5. The van der Waals surface area contributed by atoms with Gasteiger partial charge >= 0.3 is 0 Å². The first kappa shape index (κ1) is 21.8. The second-order valence-corrected chi connectivity index (χ2v) is 7.98. The molecule has 0 aliphatic heterocycles. The quantitative estimate of drug-likeness (QED) is 0.432. The Kier molecular flexibility index (Phi) is 6.67. The standard InChI is InChI=1S/C23H27N7O2/c1-16-9-17(2)20-11-19(23(31)25-21(20)10-16)14-29(13-18-5-4-6-24-12-18)15-22-26-27-28-30(22)7-8-32-3/h4-6,9-12H,7-8,13-15H2,1-3H3,(H,25,31). The fourth-order valence-electron chi connectivity index (χ4n) is 3.88. The number of aromatic amines is 1. The molecule has 9 heteroatoms. The molecular formula is C23H27N7O2. The molecule has 3 aromatic heterocycles. The van der Waals surface area contributed by atoms with Gasteiger partial charge in [-0.1, -0.05) is 12.1 Å². The van der Waals surface area contributed by atoms with Crippen molar-refractivity contribution in [1.82, 2.24) is 35.1 Å². The molecule has 0 atom stereocenters. The molecule has 0 amide bonds. The Bertz CT molecular complexity index is 1250. The fraction of sp³-hybridized carbons (Fsp3) is 0.348. The highest BCUT2D eigenvalue weighted by molar-refractivity contribution is 5.83. The molecule has 32 heavy (non-hydrogen) atoms. The molecule has 0 radical (unpaired) electrons. The second kappa shape index (κ2) is 9.80. The maximum absolute atomic E-state index is 12.9. The van der Waals surface area contributed by atoms with E-state index in [0.717, 1.165) is 33.4 Å². The lowest BCUT2D eigenvalue weighted by atomic mass is 10.0. The first-order valence-electron chi connectivity index (χ1n) is 10.5. The van der Waals surface area contributed by atoms with Crippen molar-refractivity contribution < 1.29 is 4.74 Å². The molecule has 9 nitrogen and oxygen atoms in total. The van der Waals surface area contributed by atoms with E-state index in [1.54, 1.807) is 18.0 Å². The minimum absolute atomic E-state index is 0.0855. The number of aromatic nitrogens is 6. The molecule has 166 valence electrons. The maximum Gasteiger partial charge on any atom is 0.252 e. The first-order chi connectivity index (χ1) is 15.5. The molecule has 1 N–H and O–H groups in total. The Labute approximate surface area is 186 Å². The number of nitrogens with one attached hydrogen (secondary N) is 1. The van der Waals surface area contributed by atoms with E-state index in [4.69, 9.17) is 4.74 Å². The highest BCUT2D eigenvalue weighted by Gasteiger charge is 2.16. The van der Waals surface area contributed by atoms with Gasteiger partial charge < -0.3 is 9.72 Å². The number of benzene rings is 1. The van der Waals surface area contributed by atoms with E-state index in [2.05, 4.69) is 43.4 Å². The lowest BCUT2D eigenvalue weighted by Crippen LogP contribution is -2.28. The van der Waals surface area contributed by atoms with Gasteiger partial charge in [0.15, 0.2) is 5.82 Å². The average molecular weight is 434 g/mol. The van der Waals surface area contributed by atoms with Gasteiger partial charge in [0, 0.05) is 49.1 Å². The highest BCUT2D eigenvalue weighted by Crippen LogP contribution is 2.20. The molecule has 0 aliphatic rings. The summed E-state index contributed by atoms with van der Waals surface area (Å²) < 4.78 is 6.89. The van der Waals surface area contributed by atoms with Gasteiger partial charge in [-0.2, -0.15) is 0 Å². The monoisotopic (exact) mass is 433 g/mol. The number of tetrazole rings is 1. The van der Waals surface area contributed by atoms with Crippen LogP contribution in [0.3, 0.4) is 0 Å². The Morgan fingerprint density at radius 2 is 2.03 bits per heavy atom. The van der Waals surface area contributed by atoms with Gasteiger partial charge in [-0.25, -0.2) is 4.68 Å². The summed E-state index contributed by atoms with van der Waals surface area (Å²) in [7, 11) is 1.65. The molecule has 1 aromatic carbocycles. The largest absolute Gasteiger partial charge is 0.383 e. The summed E-state index contributed by atoms with van der Waals surface area (Å²) in [5.41, 5.74) is 4.78. The number of rotatable bonds is 9. The molecule has 3 heterocycles. The number of hydrogen-bond acceptors (Lipinski definition) is 7. The smallest absolute Gasteiger partial charge is 0.252 e. The lowest BCUT2D eigenvalue weighted by molar-refractivity contribution is 0.177. The van der Waals surface area contributed by atoms with E-state index >= 15 is 0 Å². The Morgan fingerprint density at radius 3 is 2.81 bits per heavy atom. The molecular weight excluding hydrogens is 406 g/mol. The summed E-state index contributed by atoms with van der Waals surface area (Å²) in [6.45, 7) is 6.71. The van der Waals surface area contributed by atoms with Gasteiger partial charge in [0.25, 0.3) is 5.56 Å². The predicted molar refractivity (Wildman–Crippen MR) is 121 cm³/mol. The fourth-order valence-corrected chi connectivity index (χ4v) is 3.88. The molecule has 0 spiro atoms. The van der Waals surface area contributed by atoms with Crippen molar-refractivity contribution in [2.24, 2.45) is 0 Å². The zero-order valence-corrected chi connectivity index (χ0v) is 18.6. The van der Waals surface area contributed by atoms with Gasteiger partial charge in [0.1, 0.15) is 0 Å². The number of ether oxygens (including phenoxy) is 1. The number of pyridine rings is 2. The third-order valence-electron chi connectivity index (χ3n) is 5.39. The Hall–Kier alpha value is -3.43. The van der Waals surface area contributed by atoms with Gasteiger partial charge in [-0.3, -0.25) is 14.7 Å². The van der Waals surface area contributed by atoms with Crippen LogP contribution in [-0.4, -0.2) is 48.8 Å². The minimum atomic E-state index is -0.0855. The van der Waals surface area contributed by atoms with Crippen LogP contribution in [0.25, 0.3) is 10.9 Å². The van der Waals surface area contributed by atoms with E-state index < -0.39 is 0 Å². The van der Waals surface area contributed by atoms with Crippen LogP contribution in [0.1, 0.15) is 28.1 Å². The number of hydrogen-bond donors (Lipinski definition) is 1. The summed E-state index contributed by atoms with van der Waals surface area (Å²) in [5.74, 6) is 0.718. The topological polar surface area (TPSA) is 102 Å². The molecule has 0 bridgehead atoms. The second-order valence-electron chi connectivity index (χ2n) is 7.98. The lowest BCUT2D eigenvalue weighted by Gasteiger charge is -2.22. The summed E-state index contributed by atoms with van der Waals surface area (Å²) in [6, 6.07) is 10.1. The SMILES string of the molecule is COCCn1nnnc1CN(Cc1cccnc1)Cc1cc2c(C)cc(C)cc2[nH]c1=O.